The lowest BCUT2D eigenvalue weighted by molar-refractivity contribution is -0.128. The van der Waals surface area contributed by atoms with Crippen molar-refractivity contribution in [3.63, 3.8) is 0 Å². The van der Waals surface area contributed by atoms with E-state index in [-0.39, 0.29) is 5.91 Å². The van der Waals surface area contributed by atoms with Crippen LogP contribution in [0.1, 0.15) is 18.3 Å². The van der Waals surface area contributed by atoms with E-state index >= 15 is 0 Å². The quantitative estimate of drug-likeness (QED) is 0.715. The van der Waals surface area contributed by atoms with Crippen molar-refractivity contribution >= 4 is 11.6 Å². The highest BCUT2D eigenvalue weighted by Crippen LogP contribution is 2.06. The molecule has 108 valence electrons. The number of hydrogen-bond donors (Lipinski definition) is 0. The van der Waals surface area contributed by atoms with E-state index in [0.717, 1.165) is 17.0 Å². The molecule has 0 aliphatic rings. The van der Waals surface area contributed by atoms with Gasteiger partial charge in [0.05, 0.1) is 25.0 Å². The molecule has 0 unspecified atom stereocenters. The number of carbonyl (C=O) groups excluding carboxylic acids is 1. The van der Waals surface area contributed by atoms with Gasteiger partial charge in [-0.05, 0) is 12.1 Å². The smallest absolute Gasteiger partial charge is 0.219 e. The van der Waals surface area contributed by atoms with Gasteiger partial charge in [0.25, 0.3) is 0 Å². The van der Waals surface area contributed by atoms with Gasteiger partial charge in [-0.3, -0.25) is 4.79 Å². The van der Waals surface area contributed by atoms with Crippen molar-refractivity contribution in [2.24, 2.45) is 0 Å². The van der Waals surface area contributed by atoms with Crippen molar-refractivity contribution in [3.8, 4) is 0 Å². The summed E-state index contributed by atoms with van der Waals surface area (Å²) in [6.45, 7) is 2.54. The van der Waals surface area contributed by atoms with Crippen molar-refractivity contribution in [2.45, 2.75) is 20.0 Å². The van der Waals surface area contributed by atoms with Crippen LogP contribution < -0.4 is 0 Å². The molecule has 0 N–H and O–H groups in total. The van der Waals surface area contributed by atoms with E-state index < -0.39 is 0 Å². The number of amides is 1. The van der Waals surface area contributed by atoms with Gasteiger partial charge in [0.15, 0.2) is 0 Å². The molecule has 0 radical (unpaired) electrons. The lowest BCUT2D eigenvalue weighted by Crippen LogP contribution is -2.23. The van der Waals surface area contributed by atoms with E-state index in [9.17, 15) is 4.79 Å². The van der Waals surface area contributed by atoms with Crippen LogP contribution in [0, 0.1) is 0 Å². The maximum absolute atomic E-state index is 11.2. The van der Waals surface area contributed by atoms with E-state index in [0.29, 0.717) is 13.1 Å². The Hall–Kier alpha value is -2.70. The molecule has 0 aliphatic heterocycles. The number of hydrogen-bond acceptors (Lipinski definition) is 4. The minimum Gasteiger partial charge on any atom is -0.340 e. The van der Waals surface area contributed by atoms with Crippen molar-refractivity contribution in [1.82, 2.24) is 29.3 Å². The molecule has 7 nitrogen and oxygen atoms in total. The van der Waals surface area contributed by atoms with Gasteiger partial charge >= 0.3 is 0 Å². The second-order valence-corrected chi connectivity index (χ2v) is 4.98. The van der Waals surface area contributed by atoms with Crippen LogP contribution in [-0.4, -0.2) is 42.2 Å². The Bertz CT molecular complexity index is 741. The second kappa shape index (κ2) is 5.35. The molecule has 0 saturated heterocycles. The predicted octanol–water partition coefficient (Wildman–Crippen LogP) is 0.952. The summed E-state index contributed by atoms with van der Waals surface area (Å²) >= 11 is 0. The van der Waals surface area contributed by atoms with Gasteiger partial charge in [0.2, 0.25) is 5.91 Å². The largest absolute Gasteiger partial charge is 0.340 e. The van der Waals surface area contributed by atoms with Gasteiger partial charge in [-0.1, -0.05) is 11.3 Å². The van der Waals surface area contributed by atoms with Gasteiger partial charge in [-0.15, -0.1) is 5.10 Å². The first-order valence-electron chi connectivity index (χ1n) is 6.65. The van der Waals surface area contributed by atoms with Crippen LogP contribution >= 0.6 is 0 Å². The van der Waals surface area contributed by atoms with Crippen LogP contribution in [0.25, 0.3) is 5.65 Å². The van der Waals surface area contributed by atoms with Crippen LogP contribution in [0.15, 0.2) is 36.8 Å². The molecule has 3 aromatic rings. The van der Waals surface area contributed by atoms with E-state index in [1.165, 1.54) is 6.92 Å². The first-order valence-corrected chi connectivity index (χ1v) is 6.65. The third kappa shape index (κ3) is 2.91. The van der Waals surface area contributed by atoms with Crippen LogP contribution in [0.5, 0.6) is 0 Å². The maximum Gasteiger partial charge on any atom is 0.219 e. The summed E-state index contributed by atoms with van der Waals surface area (Å²) in [5.74, 6) is 0.00454. The van der Waals surface area contributed by atoms with Gasteiger partial charge in [-0.2, -0.15) is 0 Å². The van der Waals surface area contributed by atoms with Gasteiger partial charge in [0.1, 0.15) is 11.3 Å². The lowest BCUT2D eigenvalue weighted by atomic mass is 10.4. The molecule has 0 aromatic carbocycles. The average molecular weight is 284 g/mol. The SMILES string of the molecule is CC(=O)N(C)Cc1cn(Cc2cn3ccccc3n2)nn1. The van der Waals surface area contributed by atoms with E-state index in [1.54, 1.807) is 16.6 Å². The fourth-order valence-electron chi connectivity index (χ4n) is 2.07. The number of fused-ring (bicyclic) bond motifs is 1. The molecule has 3 aromatic heterocycles. The Morgan fingerprint density at radius 1 is 1.29 bits per heavy atom. The van der Waals surface area contributed by atoms with Crippen molar-refractivity contribution in [2.75, 3.05) is 7.05 Å². The van der Waals surface area contributed by atoms with Crippen LogP contribution in [0.2, 0.25) is 0 Å². The Labute approximate surface area is 121 Å². The van der Waals surface area contributed by atoms with Crippen LogP contribution in [0.4, 0.5) is 0 Å². The van der Waals surface area contributed by atoms with Gasteiger partial charge in [0, 0.05) is 26.4 Å². The zero-order chi connectivity index (χ0) is 14.8. The van der Waals surface area contributed by atoms with E-state index in [1.807, 2.05) is 41.2 Å². The number of carbonyl (C=O) groups is 1. The molecule has 1 amide bonds. The number of aromatic nitrogens is 5. The number of nitrogens with zero attached hydrogens (tertiary/aromatic N) is 6. The van der Waals surface area contributed by atoms with Crippen LogP contribution in [-0.2, 0) is 17.9 Å². The Balaban J connectivity index is 1.73. The molecular weight excluding hydrogens is 268 g/mol. The highest BCUT2D eigenvalue weighted by molar-refractivity contribution is 5.72. The minimum absolute atomic E-state index is 0.00454. The van der Waals surface area contributed by atoms with E-state index in [2.05, 4.69) is 15.3 Å². The van der Waals surface area contributed by atoms with Crippen molar-refractivity contribution in [1.29, 1.82) is 0 Å². The molecular formula is C14H16N6O. The minimum atomic E-state index is 0.00454. The molecule has 0 aliphatic carbocycles. The monoisotopic (exact) mass is 284 g/mol. The first kappa shape index (κ1) is 13.3. The van der Waals surface area contributed by atoms with Crippen molar-refractivity contribution < 1.29 is 4.79 Å². The zero-order valence-corrected chi connectivity index (χ0v) is 12.0. The summed E-state index contributed by atoms with van der Waals surface area (Å²) in [5, 5.41) is 8.15. The fraction of sp³-hybridized carbons (Fsp3) is 0.286. The molecule has 0 atom stereocenters. The summed E-state index contributed by atoms with van der Waals surface area (Å²) in [6, 6.07) is 5.87. The standard InChI is InChI=1S/C14H16N6O/c1-11(21)18(2)7-13-10-20(17-16-13)9-12-8-19-6-4-3-5-14(19)15-12/h3-6,8,10H,7,9H2,1-2H3. The van der Waals surface area contributed by atoms with Gasteiger partial charge < -0.3 is 9.30 Å². The third-order valence-electron chi connectivity index (χ3n) is 3.26. The summed E-state index contributed by atoms with van der Waals surface area (Å²) in [7, 11) is 1.74. The zero-order valence-electron chi connectivity index (χ0n) is 12.0. The highest BCUT2D eigenvalue weighted by atomic mass is 16.2. The molecule has 3 heterocycles. The fourth-order valence-corrected chi connectivity index (χ4v) is 2.07. The van der Waals surface area contributed by atoms with E-state index in [4.69, 9.17) is 0 Å². The Morgan fingerprint density at radius 2 is 2.14 bits per heavy atom. The Kier molecular flexibility index (Phi) is 3.39. The topological polar surface area (TPSA) is 68.3 Å². The third-order valence-corrected chi connectivity index (χ3v) is 3.26. The summed E-state index contributed by atoms with van der Waals surface area (Å²) in [5.41, 5.74) is 2.58. The number of rotatable bonds is 4. The highest BCUT2D eigenvalue weighted by Gasteiger charge is 2.08. The normalized spacial score (nSPS) is 11.0. The number of imidazole rings is 1. The number of pyridine rings is 1. The van der Waals surface area contributed by atoms with Crippen LogP contribution in [0.3, 0.4) is 0 Å². The molecule has 21 heavy (non-hydrogen) atoms. The second-order valence-electron chi connectivity index (χ2n) is 4.98. The average Bonchev–Trinajstić information content (AvgIpc) is 3.05. The molecule has 0 saturated carbocycles. The molecule has 7 heteroatoms. The Morgan fingerprint density at radius 3 is 2.90 bits per heavy atom. The van der Waals surface area contributed by atoms with Crippen molar-refractivity contribution in [3.05, 3.63) is 48.2 Å². The maximum atomic E-state index is 11.2. The molecule has 0 spiro atoms. The summed E-state index contributed by atoms with van der Waals surface area (Å²) < 4.78 is 3.70. The first-order chi connectivity index (χ1) is 10.1. The lowest BCUT2D eigenvalue weighted by Gasteiger charge is -2.11. The predicted molar refractivity (Wildman–Crippen MR) is 76.5 cm³/mol. The molecule has 3 rings (SSSR count). The molecule has 0 bridgehead atoms. The van der Waals surface area contributed by atoms with Gasteiger partial charge in [-0.25, -0.2) is 9.67 Å². The summed E-state index contributed by atoms with van der Waals surface area (Å²) in [6.07, 6.45) is 5.77. The molecule has 0 fully saturated rings. The summed E-state index contributed by atoms with van der Waals surface area (Å²) in [4.78, 5) is 17.3.